The zero-order chi connectivity index (χ0) is 12.9. The number of ether oxygens (including phenoxy) is 1. The molecule has 98 valence electrons. The van der Waals surface area contributed by atoms with Gasteiger partial charge in [0, 0.05) is 13.1 Å². The van der Waals surface area contributed by atoms with Crippen LogP contribution in [0, 0.1) is 10.8 Å². The molecule has 0 N–H and O–H groups in total. The van der Waals surface area contributed by atoms with Gasteiger partial charge in [0.05, 0.1) is 6.54 Å². The summed E-state index contributed by atoms with van der Waals surface area (Å²) in [5, 5.41) is 2.88. The van der Waals surface area contributed by atoms with Crippen LogP contribution in [0.1, 0.15) is 40.0 Å². The normalized spacial score (nSPS) is 17.9. The number of hydrogen-bond acceptors (Lipinski definition) is 4. The maximum absolute atomic E-state index is 11.8. The average molecular weight is 242 g/mol. The van der Waals surface area contributed by atoms with Crippen molar-refractivity contribution in [3.8, 4) is 0 Å². The van der Waals surface area contributed by atoms with Gasteiger partial charge in [-0.05, 0) is 46.0 Å². The minimum absolute atomic E-state index is 0.232. The quantitative estimate of drug-likeness (QED) is 0.715. The van der Waals surface area contributed by atoms with Crippen LogP contribution in [-0.4, -0.2) is 36.2 Å². The van der Waals surface area contributed by atoms with Crippen molar-refractivity contribution >= 4 is 6.09 Å². The zero-order valence-electron chi connectivity index (χ0n) is 10.9. The fourth-order valence-electron chi connectivity index (χ4n) is 1.97. The second kappa shape index (κ2) is 5.98. The van der Waals surface area contributed by atoms with Crippen LogP contribution in [0.3, 0.4) is 0 Å². The van der Waals surface area contributed by atoms with Crippen LogP contribution in [0.25, 0.3) is 0 Å². The van der Waals surface area contributed by atoms with Gasteiger partial charge in [0.1, 0.15) is 5.60 Å². The molecule has 0 unspecified atom stereocenters. The van der Waals surface area contributed by atoms with Crippen LogP contribution >= 0.6 is 0 Å². The van der Waals surface area contributed by atoms with Crippen LogP contribution in [0.4, 0.5) is 4.79 Å². The number of hydrogen-bond donors (Lipinski definition) is 0. The van der Waals surface area contributed by atoms with E-state index < -0.39 is 5.60 Å². The van der Waals surface area contributed by atoms with Crippen molar-refractivity contribution in [1.29, 1.82) is 0 Å². The number of carbonyl (C=O) groups excluding carboxylic acids is 1. The molecule has 1 aliphatic heterocycles. The minimum Gasteiger partial charge on any atom is -0.444 e. The topological polar surface area (TPSA) is 59.0 Å². The highest BCUT2D eigenvalue weighted by atomic mass is 16.6. The first kappa shape index (κ1) is 13.9. The van der Waals surface area contributed by atoms with Gasteiger partial charge in [-0.25, -0.2) is 4.79 Å². The maximum atomic E-state index is 11.8. The van der Waals surface area contributed by atoms with Crippen LogP contribution in [-0.2, 0) is 4.74 Å². The summed E-state index contributed by atoms with van der Waals surface area (Å²) in [6, 6.07) is 0. The van der Waals surface area contributed by atoms with E-state index in [2.05, 4.69) is 5.18 Å². The molecule has 0 atom stereocenters. The largest absolute Gasteiger partial charge is 0.444 e. The van der Waals surface area contributed by atoms with Crippen molar-refractivity contribution in [2.75, 3.05) is 19.6 Å². The molecular weight excluding hydrogens is 220 g/mol. The summed E-state index contributed by atoms with van der Waals surface area (Å²) in [5.41, 5.74) is -0.435. The van der Waals surface area contributed by atoms with Crippen molar-refractivity contribution in [2.45, 2.75) is 45.6 Å². The molecule has 1 heterocycles. The first-order valence-corrected chi connectivity index (χ1v) is 6.19. The Labute approximate surface area is 102 Å². The van der Waals surface area contributed by atoms with E-state index in [4.69, 9.17) is 4.74 Å². The molecule has 0 bridgehead atoms. The molecule has 1 amide bonds. The lowest BCUT2D eigenvalue weighted by atomic mass is 9.94. The summed E-state index contributed by atoms with van der Waals surface area (Å²) in [6.45, 7) is 7.43. The number of nitroso groups, excluding NO2 is 1. The van der Waals surface area contributed by atoms with E-state index in [-0.39, 0.29) is 6.09 Å². The van der Waals surface area contributed by atoms with Crippen LogP contribution in [0.15, 0.2) is 5.18 Å². The van der Waals surface area contributed by atoms with Gasteiger partial charge in [-0.1, -0.05) is 5.18 Å². The van der Waals surface area contributed by atoms with Crippen molar-refractivity contribution in [3.05, 3.63) is 4.91 Å². The fourth-order valence-corrected chi connectivity index (χ4v) is 1.97. The van der Waals surface area contributed by atoms with E-state index in [0.29, 0.717) is 12.5 Å². The lowest BCUT2D eigenvalue weighted by Crippen LogP contribution is -2.41. The Morgan fingerprint density at radius 3 is 2.41 bits per heavy atom. The van der Waals surface area contributed by atoms with E-state index >= 15 is 0 Å². The molecule has 1 saturated heterocycles. The molecule has 1 rings (SSSR count). The predicted molar refractivity (Wildman–Crippen MR) is 65.8 cm³/mol. The SMILES string of the molecule is CC(C)(C)OC(=O)N1CCC(CCN=O)CC1. The monoisotopic (exact) mass is 242 g/mol. The Balaban J connectivity index is 2.31. The first-order valence-electron chi connectivity index (χ1n) is 6.19. The Bertz CT molecular complexity index is 265. The van der Waals surface area contributed by atoms with Crippen molar-refractivity contribution in [3.63, 3.8) is 0 Å². The second-order valence-electron chi connectivity index (χ2n) is 5.55. The van der Waals surface area contributed by atoms with Gasteiger partial charge in [-0.2, -0.15) is 4.91 Å². The van der Waals surface area contributed by atoms with Gasteiger partial charge in [0.2, 0.25) is 0 Å². The lowest BCUT2D eigenvalue weighted by molar-refractivity contribution is 0.0182. The number of amides is 1. The average Bonchev–Trinajstić information content (AvgIpc) is 2.24. The van der Waals surface area contributed by atoms with E-state index in [0.717, 1.165) is 32.4 Å². The third-order valence-electron chi connectivity index (χ3n) is 2.89. The molecule has 5 heteroatoms. The summed E-state index contributed by atoms with van der Waals surface area (Å²) in [7, 11) is 0. The van der Waals surface area contributed by atoms with Gasteiger partial charge in [0.15, 0.2) is 0 Å². The van der Waals surface area contributed by atoms with Gasteiger partial charge in [-0.15, -0.1) is 0 Å². The highest BCUT2D eigenvalue weighted by molar-refractivity contribution is 5.68. The lowest BCUT2D eigenvalue weighted by Gasteiger charge is -2.33. The fraction of sp³-hybridized carbons (Fsp3) is 0.917. The number of likely N-dealkylation sites (tertiary alicyclic amines) is 1. The molecule has 0 aliphatic carbocycles. The smallest absolute Gasteiger partial charge is 0.410 e. The van der Waals surface area contributed by atoms with Crippen LogP contribution in [0.5, 0.6) is 0 Å². The Kier molecular flexibility index (Phi) is 4.90. The van der Waals surface area contributed by atoms with Gasteiger partial charge in [0.25, 0.3) is 0 Å². The number of carbonyl (C=O) groups is 1. The molecule has 0 saturated carbocycles. The summed E-state index contributed by atoms with van der Waals surface area (Å²) in [4.78, 5) is 23.6. The molecule has 0 radical (unpaired) electrons. The summed E-state index contributed by atoms with van der Waals surface area (Å²) in [5.74, 6) is 0.520. The first-order chi connectivity index (χ1) is 7.92. The molecule has 0 aromatic carbocycles. The zero-order valence-corrected chi connectivity index (χ0v) is 10.9. The summed E-state index contributed by atoms with van der Waals surface area (Å²) >= 11 is 0. The molecule has 17 heavy (non-hydrogen) atoms. The highest BCUT2D eigenvalue weighted by Crippen LogP contribution is 2.22. The molecule has 5 nitrogen and oxygen atoms in total. The van der Waals surface area contributed by atoms with Crippen LogP contribution < -0.4 is 0 Å². The van der Waals surface area contributed by atoms with Crippen molar-refractivity contribution in [2.24, 2.45) is 11.1 Å². The van der Waals surface area contributed by atoms with Gasteiger partial charge in [-0.3, -0.25) is 0 Å². The second-order valence-corrected chi connectivity index (χ2v) is 5.55. The third-order valence-corrected chi connectivity index (χ3v) is 2.89. The van der Waals surface area contributed by atoms with E-state index in [9.17, 15) is 9.70 Å². The minimum atomic E-state index is -0.435. The number of piperidine rings is 1. The highest BCUT2D eigenvalue weighted by Gasteiger charge is 2.26. The maximum Gasteiger partial charge on any atom is 0.410 e. The molecule has 0 aromatic rings. The molecule has 0 spiro atoms. The molecular formula is C12H22N2O3. The Morgan fingerprint density at radius 1 is 1.35 bits per heavy atom. The van der Waals surface area contributed by atoms with Crippen LogP contribution in [0.2, 0.25) is 0 Å². The number of nitrogens with zero attached hydrogens (tertiary/aromatic N) is 2. The van der Waals surface area contributed by atoms with E-state index in [1.807, 2.05) is 20.8 Å². The summed E-state index contributed by atoms with van der Waals surface area (Å²) in [6.07, 6.45) is 2.49. The standard InChI is InChI=1S/C12H22N2O3/c1-12(2,3)17-11(15)14-8-5-10(6-9-14)4-7-13-16/h10H,4-9H2,1-3H3. The van der Waals surface area contributed by atoms with Gasteiger partial charge < -0.3 is 9.64 Å². The summed E-state index contributed by atoms with van der Waals surface area (Å²) < 4.78 is 5.31. The van der Waals surface area contributed by atoms with Crippen molar-refractivity contribution in [1.82, 2.24) is 4.90 Å². The van der Waals surface area contributed by atoms with Crippen molar-refractivity contribution < 1.29 is 9.53 Å². The third kappa shape index (κ3) is 5.15. The molecule has 0 aromatic heterocycles. The predicted octanol–water partition coefficient (Wildman–Crippen LogP) is 2.79. The Morgan fingerprint density at radius 2 is 1.94 bits per heavy atom. The Hall–Kier alpha value is -1.13. The molecule has 1 fully saturated rings. The molecule has 1 aliphatic rings. The van der Waals surface area contributed by atoms with E-state index in [1.54, 1.807) is 4.90 Å². The van der Waals surface area contributed by atoms with Gasteiger partial charge >= 0.3 is 6.09 Å². The number of rotatable bonds is 3. The van der Waals surface area contributed by atoms with E-state index in [1.165, 1.54) is 0 Å².